The second kappa shape index (κ2) is 3.90. The van der Waals surface area contributed by atoms with E-state index in [9.17, 15) is 10.4 Å². The summed E-state index contributed by atoms with van der Waals surface area (Å²) in [6.45, 7) is 6.01. The van der Waals surface area contributed by atoms with E-state index in [0.717, 1.165) is 32.1 Å². The van der Waals surface area contributed by atoms with E-state index < -0.39 is 5.60 Å². The van der Waals surface area contributed by atoms with Gasteiger partial charge in [0.05, 0.1) is 17.1 Å². The molecular weight excluding hydrogens is 174 g/mol. The molecule has 1 fully saturated rings. The minimum atomic E-state index is -0.650. The number of rotatable bonds is 2. The normalized spacial score (nSPS) is 43.2. The van der Waals surface area contributed by atoms with E-state index in [2.05, 4.69) is 13.0 Å². The summed E-state index contributed by atoms with van der Waals surface area (Å²) in [7, 11) is 0. The van der Waals surface area contributed by atoms with E-state index in [1.807, 2.05) is 13.8 Å². The van der Waals surface area contributed by atoms with Crippen LogP contribution in [0.2, 0.25) is 0 Å². The third-order valence-corrected chi connectivity index (χ3v) is 3.99. The average Bonchev–Trinajstić information content (AvgIpc) is 2.13. The van der Waals surface area contributed by atoms with Crippen molar-refractivity contribution in [3.63, 3.8) is 0 Å². The topological polar surface area (TPSA) is 44.0 Å². The molecule has 0 unspecified atom stereocenters. The minimum Gasteiger partial charge on any atom is -0.390 e. The summed E-state index contributed by atoms with van der Waals surface area (Å²) < 4.78 is 0. The Balaban J connectivity index is 2.91. The van der Waals surface area contributed by atoms with Crippen molar-refractivity contribution in [2.75, 3.05) is 0 Å². The molecule has 0 aromatic rings. The first kappa shape index (κ1) is 11.5. The third kappa shape index (κ3) is 1.79. The zero-order valence-electron chi connectivity index (χ0n) is 9.51. The molecule has 1 aliphatic rings. The fourth-order valence-electron chi connectivity index (χ4n) is 2.79. The van der Waals surface area contributed by atoms with Gasteiger partial charge in [-0.1, -0.05) is 20.3 Å². The van der Waals surface area contributed by atoms with Crippen LogP contribution < -0.4 is 0 Å². The van der Waals surface area contributed by atoms with Gasteiger partial charge in [-0.15, -0.1) is 0 Å². The molecule has 0 aromatic carbocycles. The van der Waals surface area contributed by atoms with Crippen LogP contribution in [0.25, 0.3) is 0 Å². The van der Waals surface area contributed by atoms with Crippen molar-refractivity contribution in [3.8, 4) is 6.07 Å². The molecule has 0 amide bonds. The number of hydrogen-bond acceptors (Lipinski definition) is 2. The van der Waals surface area contributed by atoms with Crippen molar-refractivity contribution in [1.29, 1.82) is 5.26 Å². The molecule has 0 bridgehead atoms. The van der Waals surface area contributed by atoms with Crippen molar-refractivity contribution in [2.45, 2.75) is 58.5 Å². The Kier molecular flexibility index (Phi) is 3.21. The first-order chi connectivity index (χ1) is 6.48. The van der Waals surface area contributed by atoms with Gasteiger partial charge in [0.2, 0.25) is 0 Å². The average molecular weight is 195 g/mol. The Hall–Kier alpha value is -0.550. The van der Waals surface area contributed by atoms with Crippen LogP contribution in [0.4, 0.5) is 0 Å². The summed E-state index contributed by atoms with van der Waals surface area (Å²) >= 11 is 0. The van der Waals surface area contributed by atoms with Gasteiger partial charge in [-0.25, -0.2) is 0 Å². The summed E-state index contributed by atoms with van der Waals surface area (Å²) in [6, 6.07) is 2.46. The SMILES string of the molecule is CCC[C@]1(C#N)CCC[C@](C)(O)[C@@H]1C. The Morgan fingerprint density at radius 3 is 2.64 bits per heavy atom. The Morgan fingerprint density at radius 2 is 2.14 bits per heavy atom. The highest BCUT2D eigenvalue weighted by Gasteiger charge is 2.47. The smallest absolute Gasteiger partial charge is 0.0693 e. The van der Waals surface area contributed by atoms with E-state index in [0.29, 0.717) is 0 Å². The minimum absolute atomic E-state index is 0.0914. The summed E-state index contributed by atoms with van der Waals surface area (Å²) in [5, 5.41) is 19.5. The number of nitriles is 1. The van der Waals surface area contributed by atoms with E-state index in [1.165, 1.54) is 0 Å². The molecule has 2 heteroatoms. The molecule has 14 heavy (non-hydrogen) atoms. The van der Waals surface area contributed by atoms with Crippen LogP contribution in [0.15, 0.2) is 0 Å². The predicted molar refractivity (Wildman–Crippen MR) is 56.6 cm³/mol. The standard InChI is InChI=1S/C12H21NO/c1-4-6-12(9-13)8-5-7-11(3,14)10(12)2/h10,14H,4-8H2,1-3H3/t10-,11-,12+/m0/s1. The Bertz CT molecular complexity index is 237. The van der Waals surface area contributed by atoms with Crippen molar-refractivity contribution >= 4 is 0 Å². The summed E-state index contributed by atoms with van der Waals surface area (Å²) in [6.07, 6.45) is 4.70. The quantitative estimate of drug-likeness (QED) is 0.736. The number of hydrogen-bond donors (Lipinski definition) is 1. The van der Waals surface area contributed by atoms with Gasteiger partial charge < -0.3 is 5.11 Å². The van der Waals surface area contributed by atoms with Gasteiger partial charge in [-0.05, 0) is 32.6 Å². The highest BCUT2D eigenvalue weighted by molar-refractivity contribution is 5.09. The van der Waals surface area contributed by atoms with E-state index in [4.69, 9.17) is 0 Å². The lowest BCUT2D eigenvalue weighted by molar-refractivity contribution is -0.0757. The maximum atomic E-state index is 10.2. The van der Waals surface area contributed by atoms with Gasteiger partial charge in [0.1, 0.15) is 0 Å². The molecule has 1 aliphatic carbocycles. The lowest BCUT2D eigenvalue weighted by Crippen LogP contribution is -2.47. The van der Waals surface area contributed by atoms with Crippen LogP contribution in [0, 0.1) is 22.7 Å². The molecule has 2 nitrogen and oxygen atoms in total. The Morgan fingerprint density at radius 1 is 1.50 bits per heavy atom. The number of aliphatic hydroxyl groups is 1. The van der Waals surface area contributed by atoms with Crippen molar-refractivity contribution in [2.24, 2.45) is 11.3 Å². The van der Waals surface area contributed by atoms with Gasteiger partial charge in [0.15, 0.2) is 0 Å². The van der Waals surface area contributed by atoms with E-state index in [-0.39, 0.29) is 11.3 Å². The van der Waals surface area contributed by atoms with E-state index >= 15 is 0 Å². The molecule has 0 saturated heterocycles. The molecule has 1 N–H and O–H groups in total. The molecule has 3 atom stereocenters. The zero-order valence-corrected chi connectivity index (χ0v) is 9.51. The zero-order chi connectivity index (χ0) is 10.8. The van der Waals surface area contributed by atoms with Crippen LogP contribution in [0.5, 0.6) is 0 Å². The van der Waals surface area contributed by atoms with Crippen molar-refractivity contribution in [3.05, 3.63) is 0 Å². The first-order valence-corrected chi connectivity index (χ1v) is 5.62. The first-order valence-electron chi connectivity index (χ1n) is 5.62. The van der Waals surface area contributed by atoms with Gasteiger partial charge in [-0.3, -0.25) is 0 Å². The largest absolute Gasteiger partial charge is 0.390 e. The molecule has 0 spiro atoms. The maximum absolute atomic E-state index is 10.2. The van der Waals surface area contributed by atoms with Crippen LogP contribution in [-0.4, -0.2) is 10.7 Å². The molecule has 1 rings (SSSR count). The van der Waals surface area contributed by atoms with Crippen molar-refractivity contribution < 1.29 is 5.11 Å². The highest BCUT2D eigenvalue weighted by Crippen LogP contribution is 2.48. The van der Waals surface area contributed by atoms with Crippen LogP contribution in [0.1, 0.15) is 52.9 Å². The van der Waals surface area contributed by atoms with Gasteiger partial charge in [-0.2, -0.15) is 5.26 Å². The molecule has 0 aliphatic heterocycles. The third-order valence-electron chi connectivity index (χ3n) is 3.99. The molecule has 0 aromatic heterocycles. The fraction of sp³-hybridized carbons (Fsp3) is 0.917. The molecule has 0 heterocycles. The van der Waals surface area contributed by atoms with Crippen LogP contribution in [-0.2, 0) is 0 Å². The lowest BCUT2D eigenvalue weighted by Gasteiger charge is -2.46. The Labute approximate surface area is 86.9 Å². The van der Waals surface area contributed by atoms with Gasteiger partial charge in [0.25, 0.3) is 0 Å². The molecular formula is C12H21NO. The number of nitrogens with zero attached hydrogens (tertiary/aromatic N) is 1. The van der Waals surface area contributed by atoms with Gasteiger partial charge in [0, 0.05) is 5.92 Å². The molecule has 80 valence electrons. The lowest BCUT2D eigenvalue weighted by atomic mass is 9.60. The van der Waals surface area contributed by atoms with E-state index in [1.54, 1.807) is 0 Å². The van der Waals surface area contributed by atoms with Crippen LogP contribution >= 0.6 is 0 Å². The summed E-state index contributed by atoms with van der Waals surface area (Å²) in [5.74, 6) is 0.0914. The van der Waals surface area contributed by atoms with Crippen molar-refractivity contribution in [1.82, 2.24) is 0 Å². The second-order valence-corrected chi connectivity index (χ2v) is 4.95. The monoisotopic (exact) mass is 195 g/mol. The second-order valence-electron chi connectivity index (χ2n) is 4.95. The maximum Gasteiger partial charge on any atom is 0.0693 e. The van der Waals surface area contributed by atoms with Gasteiger partial charge >= 0.3 is 0 Å². The molecule has 1 saturated carbocycles. The molecule has 0 radical (unpaired) electrons. The highest BCUT2D eigenvalue weighted by atomic mass is 16.3. The van der Waals surface area contributed by atoms with Crippen LogP contribution in [0.3, 0.4) is 0 Å². The summed E-state index contributed by atoms with van der Waals surface area (Å²) in [5.41, 5.74) is -0.931. The summed E-state index contributed by atoms with van der Waals surface area (Å²) in [4.78, 5) is 0. The predicted octanol–water partition coefficient (Wildman–Crippen LogP) is 2.87. The fourth-order valence-corrected chi connectivity index (χ4v) is 2.79.